The highest BCUT2D eigenvalue weighted by Gasteiger charge is 2.25. The summed E-state index contributed by atoms with van der Waals surface area (Å²) in [6, 6.07) is 7.39. The van der Waals surface area contributed by atoms with Crippen molar-refractivity contribution in [2.45, 2.75) is 32.6 Å². The first kappa shape index (κ1) is 21.4. The summed E-state index contributed by atoms with van der Waals surface area (Å²) in [5.41, 5.74) is 0. The third kappa shape index (κ3) is 6.35. The number of benzene rings is 1. The minimum atomic E-state index is -0.0326. The second-order valence-electron chi connectivity index (χ2n) is 7.62. The lowest BCUT2D eigenvalue weighted by Crippen LogP contribution is -2.52. The van der Waals surface area contributed by atoms with Crippen molar-refractivity contribution in [1.29, 1.82) is 0 Å². The van der Waals surface area contributed by atoms with Crippen LogP contribution >= 0.6 is 0 Å². The molecule has 2 heterocycles. The summed E-state index contributed by atoms with van der Waals surface area (Å²) in [6.07, 6.45) is 4.67. The van der Waals surface area contributed by atoms with E-state index < -0.39 is 0 Å². The molecule has 2 aliphatic heterocycles. The highest BCUT2D eigenvalue weighted by Crippen LogP contribution is 2.26. The number of ether oxygens (including phenoxy) is 2. The number of hydrogen-bond donors (Lipinski definition) is 0. The van der Waals surface area contributed by atoms with Crippen LogP contribution in [0.4, 0.5) is 0 Å². The van der Waals surface area contributed by atoms with Gasteiger partial charge in [-0.15, -0.1) is 0 Å². The number of para-hydroxylation sites is 2. The second-order valence-corrected chi connectivity index (χ2v) is 7.62. The van der Waals surface area contributed by atoms with Crippen LogP contribution in [-0.2, 0) is 9.59 Å². The van der Waals surface area contributed by atoms with Gasteiger partial charge in [0.1, 0.15) is 0 Å². The summed E-state index contributed by atoms with van der Waals surface area (Å²) in [7, 11) is 0. The van der Waals surface area contributed by atoms with Gasteiger partial charge in [-0.3, -0.25) is 14.5 Å². The lowest BCUT2D eigenvalue weighted by Gasteiger charge is -2.35. The van der Waals surface area contributed by atoms with Gasteiger partial charge in [-0.1, -0.05) is 25.0 Å². The Kier molecular flexibility index (Phi) is 8.16. The first-order valence-electron chi connectivity index (χ1n) is 10.8. The summed E-state index contributed by atoms with van der Waals surface area (Å²) in [5.74, 6) is 1.43. The number of likely N-dealkylation sites (tertiary alicyclic amines) is 1. The number of nitrogens with zero attached hydrogens (tertiary/aromatic N) is 3. The van der Waals surface area contributed by atoms with Gasteiger partial charge in [0, 0.05) is 39.3 Å². The molecule has 7 heteroatoms. The Labute approximate surface area is 173 Å². The largest absolute Gasteiger partial charge is 0.490 e. The number of piperazine rings is 1. The third-order valence-electron chi connectivity index (χ3n) is 5.54. The van der Waals surface area contributed by atoms with Gasteiger partial charge < -0.3 is 19.3 Å². The monoisotopic (exact) mass is 403 g/mol. The number of amides is 2. The van der Waals surface area contributed by atoms with Crippen LogP contribution in [-0.4, -0.2) is 85.5 Å². The Morgan fingerprint density at radius 2 is 1.38 bits per heavy atom. The fraction of sp³-hybridized carbons (Fsp3) is 0.636. The van der Waals surface area contributed by atoms with Crippen molar-refractivity contribution in [3.63, 3.8) is 0 Å². The number of hydrogen-bond acceptors (Lipinski definition) is 5. The molecule has 0 unspecified atom stereocenters. The van der Waals surface area contributed by atoms with E-state index in [-0.39, 0.29) is 18.4 Å². The van der Waals surface area contributed by atoms with E-state index in [1.807, 2.05) is 41.0 Å². The third-order valence-corrected chi connectivity index (χ3v) is 5.54. The molecular formula is C22H33N3O4. The van der Waals surface area contributed by atoms with E-state index in [0.717, 1.165) is 39.0 Å². The Morgan fingerprint density at radius 3 is 2.00 bits per heavy atom. The first-order chi connectivity index (χ1) is 14.2. The van der Waals surface area contributed by atoms with E-state index >= 15 is 0 Å². The van der Waals surface area contributed by atoms with Gasteiger partial charge in [-0.25, -0.2) is 0 Å². The molecule has 1 aromatic rings. The molecule has 2 amide bonds. The maximum atomic E-state index is 12.6. The Bertz CT molecular complexity index is 666. The molecule has 0 spiro atoms. The topological polar surface area (TPSA) is 62.3 Å². The predicted molar refractivity (Wildman–Crippen MR) is 111 cm³/mol. The normalized spacial score (nSPS) is 18.2. The van der Waals surface area contributed by atoms with Crippen molar-refractivity contribution in [3.05, 3.63) is 24.3 Å². The van der Waals surface area contributed by atoms with Gasteiger partial charge in [0.05, 0.1) is 13.2 Å². The maximum Gasteiger partial charge on any atom is 0.260 e. The Balaban J connectivity index is 1.41. The molecule has 2 aliphatic rings. The van der Waals surface area contributed by atoms with Gasteiger partial charge in [-0.05, 0) is 31.9 Å². The second kappa shape index (κ2) is 11.0. The summed E-state index contributed by atoms with van der Waals surface area (Å²) in [4.78, 5) is 31.1. The van der Waals surface area contributed by atoms with Crippen LogP contribution in [0.5, 0.6) is 11.5 Å². The zero-order valence-electron chi connectivity index (χ0n) is 17.5. The van der Waals surface area contributed by atoms with Crippen molar-refractivity contribution < 1.29 is 19.1 Å². The van der Waals surface area contributed by atoms with Crippen LogP contribution in [0.15, 0.2) is 24.3 Å². The van der Waals surface area contributed by atoms with E-state index in [0.29, 0.717) is 37.7 Å². The van der Waals surface area contributed by atoms with Gasteiger partial charge >= 0.3 is 0 Å². The average Bonchev–Trinajstić information content (AvgIpc) is 3.03. The molecule has 0 radical (unpaired) electrons. The maximum absolute atomic E-state index is 12.6. The SMILES string of the molecule is CCOc1ccccc1OCC(=O)N1CCN(CC(=O)N2CCCCCC2)CC1. The van der Waals surface area contributed by atoms with Gasteiger partial charge in [0.2, 0.25) is 5.91 Å². The van der Waals surface area contributed by atoms with Crippen LogP contribution in [0.25, 0.3) is 0 Å². The van der Waals surface area contributed by atoms with Gasteiger partial charge in [0.15, 0.2) is 18.1 Å². The highest BCUT2D eigenvalue weighted by molar-refractivity contribution is 5.79. The molecule has 1 aromatic carbocycles. The molecule has 3 rings (SSSR count). The van der Waals surface area contributed by atoms with Crippen molar-refractivity contribution in [2.75, 3.05) is 59.0 Å². The summed E-state index contributed by atoms with van der Waals surface area (Å²) in [6.45, 7) is 7.39. The van der Waals surface area contributed by atoms with Crippen molar-refractivity contribution in [2.24, 2.45) is 0 Å². The smallest absolute Gasteiger partial charge is 0.260 e. The van der Waals surface area contributed by atoms with Crippen molar-refractivity contribution in [3.8, 4) is 11.5 Å². The van der Waals surface area contributed by atoms with Gasteiger partial charge in [0.25, 0.3) is 5.91 Å². The summed E-state index contributed by atoms with van der Waals surface area (Å²) >= 11 is 0. The van der Waals surface area contributed by atoms with Crippen molar-refractivity contribution in [1.82, 2.24) is 14.7 Å². The van der Waals surface area contributed by atoms with Crippen LogP contribution < -0.4 is 9.47 Å². The molecule has 2 fully saturated rings. The molecule has 0 bridgehead atoms. The van der Waals surface area contributed by atoms with E-state index in [1.54, 1.807) is 0 Å². The molecule has 0 saturated carbocycles. The summed E-state index contributed by atoms with van der Waals surface area (Å²) < 4.78 is 11.2. The summed E-state index contributed by atoms with van der Waals surface area (Å²) in [5, 5.41) is 0. The van der Waals surface area contributed by atoms with Crippen LogP contribution in [0.3, 0.4) is 0 Å². The number of carbonyl (C=O) groups excluding carboxylic acids is 2. The minimum Gasteiger partial charge on any atom is -0.490 e. The molecule has 160 valence electrons. The fourth-order valence-electron chi connectivity index (χ4n) is 3.84. The molecule has 0 N–H and O–H groups in total. The minimum absolute atomic E-state index is 0.00318. The molecule has 0 aliphatic carbocycles. The predicted octanol–water partition coefficient (Wildman–Crippen LogP) is 2.01. The fourth-order valence-corrected chi connectivity index (χ4v) is 3.84. The van der Waals surface area contributed by atoms with Crippen molar-refractivity contribution >= 4 is 11.8 Å². The van der Waals surface area contributed by atoms with E-state index in [2.05, 4.69) is 4.90 Å². The number of rotatable bonds is 7. The quantitative estimate of drug-likeness (QED) is 0.697. The molecule has 0 aromatic heterocycles. The number of carbonyl (C=O) groups is 2. The molecule has 29 heavy (non-hydrogen) atoms. The van der Waals surface area contributed by atoms with E-state index in [1.165, 1.54) is 12.8 Å². The van der Waals surface area contributed by atoms with E-state index in [4.69, 9.17) is 9.47 Å². The Hall–Kier alpha value is -2.28. The average molecular weight is 404 g/mol. The lowest BCUT2D eigenvalue weighted by molar-refractivity contribution is -0.136. The molecular weight excluding hydrogens is 370 g/mol. The van der Waals surface area contributed by atoms with Crippen LogP contribution in [0, 0.1) is 0 Å². The van der Waals surface area contributed by atoms with Crippen LogP contribution in [0.1, 0.15) is 32.6 Å². The van der Waals surface area contributed by atoms with Crippen LogP contribution in [0.2, 0.25) is 0 Å². The molecule has 7 nitrogen and oxygen atoms in total. The zero-order valence-corrected chi connectivity index (χ0v) is 17.5. The standard InChI is InChI=1S/C22H33N3O4/c1-2-28-19-9-5-6-10-20(19)29-18-22(27)25-15-13-23(14-16-25)17-21(26)24-11-7-3-4-8-12-24/h5-6,9-10H,2-4,7-8,11-18H2,1H3. The van der Waals surface area contributed by atoms with E-state index in [9.17, 15) is 9.59 Å². The van der Waals surface area contributed by atoms with Gasteiger partial charge in [-0.2, -0.15) is 0 Å². The zero-order chi connectivity index (χ0) is 20.5. The molecule has 0 atom stereocenters. The highest BCUT2D eigenvalue weighted by atomic mass is 16.5. The lowest BCUT2D eigenvalue weighted by atomic mass is 10.2. The molecule has 2 saturated heterocycles. The Morgan fingerprint density at radius 1 is 0.793 bits per heavy atom. The first-order valence-corrected chi connectivity index (χ1v) is 10.8.